The van der Waals surface area contributed by atoms with Crippen molar-refractivity contribution in [2.45, 2.75) is 52.5 Å². The molecule has 0 aliphatic heterocycles. The molecule has 0 saturated heterocycles. The lowest BCUT2D eigenvalue weighted by atomic mass is 10.2. The topological polar surface area (TPSA) is 29.9 Å². The van der Waals surface area contributed by atoms with Crippen LogP contribution < -0.4 is 5.32 Å². The minimum atomic E-state index is 1.10. The van der Waals surface area contributed by atoms with Crippen LogP contribution in [-0.2, 0) is 13.0 Å². The molecule has 0 aliphatic carbocycles. The monoisotopic (exact) mass is 223 g/mol. The van der Waals surface area contributed by atoms with Crippen LogP contribution in [-0.4, -0.2) is 22.6 Å². The van der Waals surface area contributed by atoms with Crippen molar-refractivity contribution in [2.75, 3.05) is 13.1 Å². The van der Waals surface area contributed by atoms with Crippen molar-refractivity contribution in [3.05, 3.63) is 18.2 Å². The standard InChI is InChI=1S/C13H25N3/c1-3-8-14-9-6-5-7-13-11-15-12-16(13)10-4-2/h11-12,14H,3-10H2,1-2H3. The van der Waals surface area contributed by atoms with Crippen molar-refractivity contribution in [3.63, 3.8) is 0 Å². The zero-order valence-electron chi connectivity index (χ0n) is 10.7. The molecule has 3 heteroatoms. The number of nitrogens with one attached hydrogen (secondary N) is 1. The fourth-order valence-corrected chi connectivity index (χ4v) is 1.86. The number of imidazole rings is 1. The first-order chi connectivity index (χ1) is 7.88. The van der Waals surface area contributed by atoms with E-state index in [-0.39, 0.29) is 0 Å². The van der Waals surface area contributed by atoms with Crippen LogP contribution in [0.25, 0.3) is 0 Å². The summed E-state index contributed by atoms with van der Waals surface area (Å²) in [6.07, 6.45) is 10.0. The molecule has 0 saturated carbocycles. The molecule has 0 amide bonds. The predicted molar refractivity (Wildman–Crippen MR) is 68.6 cm³/mol. The van der Waals surface area contributed by atoms with Gasteiger partial charge in [-0.3, -0.25) is 0 Å². The van der Waals surface area contributed by atoms with E-state index in [1.807, 2.05) is 12.5 Å². The van der Waals surface area contributed by atoms with Crippen LogP contribution in [0.15, 0.2) is 12.5 Å². The average molecular weight is 223 g/mol. The molecule has 1 rings (SSSR count). The minimum absolute atomic E-state index is 1.10. The van der Waals surface area contributed by atoms with Crippen molar-refractivity contribution in [2.24, 2.45) is 0 Å². The molecule has 0 fully saturated rings. The van der Waals surface area contributed by atoms with Gasteiger partial charge in [-0.2, -0.15) is 0 Å². The second-order valence-electron chi connectivity index (χ2n) is 4.29. The van der Waals surface area contributed by atoms with Crippen LogP contribution in [0.4, 0.5) is 0 Å². The van der Waals surface area contributed by atoms with E-state index in [9.17, 15) is 0 Å². The summed E-state index contributed by atoms with van der Waals surface area (Å²) in [4.78, 5) is 4.22. The summed E-state index contributed by atoms with van der Waals surface area (Å²) in [6, 6.07) is 0. The minimum Gasteiger partial charge on any atom is -0.335 e. The summed E-state index contributed by atoms with van der Waals surface area (Å²) in [6.45, 7) is 7.81. The molecule has 1 aromatic rings. The van der Waals surface area contributed by atoms with E-state index >= 15 is 0 Å². The average Bonchev–Trinajstić information content (AvgIpc) is 2.72. The van der Waals surface area contributed by atoms with Gasteiger partial charge in [0.1, 0.15) is 0 Å². The van der Waals surface area contributed by atoms with Crippen molar-refractivity contribution in [3.8, 4) is 0 Å². The Morgan fingerprint density at radius 2 is 2.06 bits per heavy atom. The van der Waals surface area contributed by atoms with Crippen molar-refractivity contribution in [1.82, 2.24) is 14.9 Å². The number of aryl methyl sites for hydroxylation is 2. The Kier molecular flexibility index (Phi) is 6.90. The number of aromatic nitrogens is 2. The molecule has 0 atom stereocenters. The first kappa shape index (κ1) is 13.2. The van der Waals surface area contributed by atoms with Gasteiger partial charge in [-0.1, -0.05) is 13.8 Å². The third-order valence-corrected chi connectivity index (χ3v) is 2.73. The van der Waals surface area contributed by atoms with Crippen LogP contribution in [0, 0.1) is 0 Å². The summed E-state index contributed by atoms with van der Waals surface area (Å²) in [5, 5.41) is 3.43. The normalized spacial score (nSPS) is 10.9. The third kappa shape index (κ3) is 4.79. The van der Waals surface area contributed by atoms with E-state index in [0.29, 0.717) is 0 Å². The van der Waals surface area contributed by atoms with Gasteiger partial charge in [0.15, 0.2) is 0 Å². The molecule has 1 heterocycles. The Labute approximate surface area is 99.3 Å². The zero-order valence-corrected chi connectivity index (χ0v) is 10.7. The summed E-state index contributed by atoms with van der Waals surface area (Å²) in [5.74, 6) is 0. The largest absolute Gasteiger partial charge is 0.335 e. The number of hydrogen-bond acceptors (Lipinski definition) is 2. The third-order valence-electron chi connectivity index (χ3n) is 2.73. The second-order valence-corrected chi connectivity index (χ2v) is 4.29. The van der Waals surface area contributed by atoms with Crippen molar-refractivity contribution >= 4 is 0 Å². The van der Waals surface area contributed by atoms with E-state index in [1.54, 1.807) is 0 Å². The van der Waals surface area contributed by atoms with Gasteiger partial charge in [0, 0.05) is 18.4 Å². The van der Waals surface area contributed by atoms with Gasteiger partial charge in [-0.25, -0.2) is 4.98 Å². The molecule has 0 aliphatic rings. The summed E-state index contributed by atoms with van der Waals surface area (Å²) in [5.41, 5.74) is 1.39. The van der Waals surface area contributed by atoms with Gasteiger partial charge in [0.2, 0.25) is 0 Å². The lowest BCUT2D eigenvalue weighted by Gasteiger charge is -2.06. The highest BCUT2D eigenvalue weighted by atomic mass is 15.0. The second kappa shape index (κ2) is 8.34. The molecule has 0 spiro atoms. The van der Waals surface area contributed by atoms with Crippen molar-refractivity contribution < 1.29 is 0 Å². The number of unbranched alkanes of at least 4 members (excludes halogenated alkanes) is 1. The SMILES string of the molecule is CCCNCCCCc1cncn1CCC. The molecule has 92 valence electrons. The number of rotatable bonds is 9. The van der Waals surface area contributed by atoms with Crippen LogP contribution in [0.3, 0.4) is 0 Å². The van der Waals surface area contributed by atoms with Crippen molar-refractivity contribution in [1.29, 1.82) is 0 Å². The van der Waals surface area contributed by atoms with Gasteiger partial charge in [-0.05, 0) is 45.2 Å². The lowest BCUT2D eigenvalue weighted by Crippen LogP contribution is -2.16. The van der Waals surface area contributed by atoms with E-state index < -0.39 is 0 Å². The molecule has 1 N–H and O–H groups in total. The first-order valence-electron chi connectivity index (χ1n) is 6.58. The molecule has 0 bridgehead atoms. The Hall–Kier alpha value is -0.830. The lowest BCUT2D eigenvalue weighted by molar-refractivity contribution is 0.592. The predicted octanol–water partition coefficient (Wildman–Crippen LogP) is 2.62. The maximum atomic E-state index is 4.22. The van der Waals surface area contributed by atoms with Gasteiger partial charge in [0.25, 0.3) is 0 Å². The number of hydrogen-bond donors (Lipinski definition) is 1. The Balaban J connectivity index is 2.13. The van der Waals surface area contributed by atoms with E-state index in [2.05, 4.69) is 28.7 Å². The Morgan fingerprint density at radius 1 is 1.19 bits per heavy atom. The number of nitrogens with zero attached hydrogens (tertiary/aromatic N) is 2. The van der Waals surface area contributed by atoms with E-state index in [0.717, 1.165) is 26.1 Å². The van der Waals surface area contributed by atoms with E-state index in [4.69, 9.17) is 0 Å². The first-order valence-corrected chi connectivity index (χ1v) is 6.58. The molecular weight excluding hydrogens is 198 g/mol. The maximum Gasteiger partial charge on any atom is 0.0948 e. The maximum absolute atomic E-state index is 4.22. The summed E-state index contributed by atoms with van der Waals surface area (Å²) < 4.78 is 2.28. The van der Waals surface area contributed by atoms with E-state index in [1.165, 1.54) is 31.4 Å². The molecule has 16 heavy (non-hydrogen) atoms. The van der Waals surface area contributed by atoms with Gasteiger partial charge in [-0.15, -0.1) is 0 Å². The Morgan fingerprint density at radius 3 is 2.81 bits per heavy atom. The van der Waals surface area contributed by atoms with Crippen LogP contribution in [0.2, 0.25) is 0 Å². The smallest absolute Gasteiger partial charge is 0.0948 e. The zero-order chi connectivity index (χ0) is 11.6. The molecule has 3 nitrogen and oxygen atoms in total. The highest BCUT2D eigenvalue weighted by Crippen LogP contribution is 2.05. The molecular formula is C13H25N3. The highest BCUT2D eigenvalue weighted by molar-refractivity contribution is 4.98. The highest BCUT2D eigenvalue weighted by Gasteiger charge is 2.00. The fourth-order valence-electron chi connectivity index (χ4n) is 1.86. The molecule has 1 aromatic heterocycles. The van der Waals surface area contributed by atoms with Crippen LogP contribution in [0.5, 0.6) is 0 Å². The quantitative estimate of drug-likeness (QED) is 0.652. The summed E-state index contributed by atoms with van der Waals surface area (Å²) in [7, 11) is 0. The van der Waals surface area contributed by atoms with Gasteiger partial charge in [0.05, 0.1) is 6.33 Å². The van der Waals surface area contributed by atoms with Gasteiger partial charge >= 0.3 is 0 Å². The molecule has 0 unspecified atom stereocenters. The van der Waals surface area contributed by atoms with Crippen LogP contribution in [0.1, 0.15) is 45.2 Å². The summed E-state index contributed by atoms with van der Waals surface area (Å²) >= 11 is 0. The molecule has 0 radical (unpaired) electrons. The van der Waals surface area contributed by atoms with Crippen LogP contribution >= 0.6 is 0 Å². The molecule has 0 aromatic carbocycles. The van der Waals surface area contributed by atoms with Gasteiger partial charge < -0.3 is 9.88 Å². The fraction of sp³-hybridized carbons (Fsp3) is 0.769. The Bertz CT molecular complexity index is 268.